The number of ether oxygens (including phenoxy) is 2. The third-order valence-electron chi connectivity index (χ3n) is 7.12. The van der Waals surface area contributed by atoms with Crippen molar-refractivity contribution in [2.24, 2.45) is 0 Å². The van der Waals surface area contributed by atoms with Crippen LogP contribution < -0.4 is 5.32 Å². The van der Waals surface area contributed by atoms with Crippen molar-refractivity contribution in [1.29, 1.82) is 5.41 Å². The van der Waals surface area contributed by atoms with Crippen LogP contribution in [0.4, 0.5) is 10.6 Å². The van der Waals surface area contributed by atoms with Gasteiger partial charge < -0.3 is 19.9 Å². The number of aromatic amines is 1. The average molecular weight is 535 g/mol. The first-order valence-electron chi connectivity index (χ1n) is 13.0. The van der Waals surface area contributed by atoms with Gasteiger partial charge >= 0.3 is 12.1 Å². The van der Waals surface area contributed by atoms with E-state index in [1.54, 1.807) is 12.2 Å². The number of hydrogen-bond acceptors (Lipinski definition) is 6. The Labute approximate surface area is 232 Å². The Hall–Kier alpha value is -4.98. The number of hydrogen-bond donors (Lipinski definition) is 3. The molecule has 1 heterocycles. The Morgan fingerprint density at radius 1 is 0.975 bits per heavy atom. The van der Waals surface area contributed by atoms with Crippen molar-refractivity contribution in [2.75, 3.05) is 12.4 Å². The van der Waals surface area contributed by atoms with Crippen LogP contribution in [0.3, 0.4) is 0 Å². The Bertz CT molecular complexity index is 1540. The zero-order chi connectivity index (χ0) is 28.1. The summed E-state index contributed by atoms with van der Waals surface area (Å²) in [6.07, 6.45) is 4.91. The zero-order valence-electron chi connectivity index (χ0n) is 22.3. The minimum absolute atomic E-state index is 0.179. The Balaban J connectivity index is 1.35. The molecule has 0 radical (unpaired) electrons. The van der Waals surface area contributed by atoms with E-state index in [1.165, 1.54) is 7.11 Å². The van der Waals surface area contributed by atoms with Gasteiger partial charge in [-0.3, -0.25) is 10.1 Å². The van der Waals surface area contributed by atoms with Gasteiger partial charge in [-0.2, -0.15) is 0 Å². The van der Waals surface area contributed by atoms with E-state index in [0.717, 1.165) is 46.9 Å². The van der Waals surface area contributed by atoms with Crippen LogP contribution >= 0.6 is 0 Å². The van der Waals surface area contributed by atoms with Crippen LogP contribution in [0.1, 0.15) is 42.8 Å². The third kappa shape index (κ3) is 5.56. The van der Waals surface area contributed by atoms with Crippen molar-refractivity contribution in [3.8, 4) is 22.4 Å². The molecule has 8 nitrogen and oxygen atoms in total. The minimum atomic E-state index is -0.621. The molecule has 0 saturated heterocycles. The number of carbonyl (C=O) groups is 2. The highest BCUT2D eigenvalue weighted by Crippen LogP contribution is 2.49. The molecule has 1 saturated carbocycles. The summed E-state index contributed by atoms with van der Waals surface area (Å²) < 4.78 is 10.6. The van der Waals surface area contributed by atoms with Gasteiger partial charge in [-0.1, -0.05) is 78.9 Å². The zero-order valence-corrected chi connectivity index (χ0v) is 22.3. The second kappa shape index (κ2) is 11.4. The fourth-order valence-corrected chi connectivity index (χ4v) is 4.73. The number of anilines is 1. The number of rotatable bonds is 9. The summed E-state index contributed by atoms with van der Waals surface area (Å²) >= 11 is 0. The van der Waals surface area contributed by atoms with Gasteiger partial charge in [0.2, 0.25) is 0 Å². The lowest BCUT2D eigenvalue weighted by atomic mass is 9.93. The Kier molecular flexibility index (Phi) is 7.59. The maximum Gasteiger partial charge on any atom is 0.413 e. The molecule has 0 spiro atoms. The highest BCUT2D eigenvalue weighted by atomic mass is 16.6. The maximum atomic E-state index is 12.7. The molecule has 8 heteroatoms. The van der Waals surface area contributed by atoms with Crippen molar-refractivity contribution in [2.45, 2.75) is 31.3 Å². The van der Waals surface area contributed by atoms with E-state index in [0.29, 0.717) is 17.3 Å². The molecule has 1 aliphatic carbocycles. The van der Waals surface area contributed by atoms with E-state index in [1.807, 2.05) is 85.8 Å². The number of nitrogens with zero attached hydrogens (tertiary/aromatic N) is 1. The van der Waals surface area contributed by atoms with Crippen LogP contribution in [0, 0.1) is 5.41 Å². The van der Waals surface area contributed by atoms with E-state index in [4.69, 9.17) is 14.9 Å². The summed E-state index contributed by atoms with van der Waals surface area (Å²) in [6.45, 7) is 1.81. The number of carbonyl (C=O) groups excluding carboxylic acids is 2. The second-order valence-electron chi connectivity index (χ2n) is 9.68. The molecule has 1 aromatic heterocycles. The summed E-state index contributed by atoms with van der Waals surface area (Å²) in [7, 11) is 1.43. The fraction of sp³-hybridized carbons (Fsp3) is 0.188. The first kappa shape index (κ1) is 26.6. The lowest BCUT2D eigenvalue weighted by molar-refractivity contribution is -0.143. The van der Waals surface area contributed by atoms with E-state index in [-0.39, 0.29) is 5.97 Å². The smallest absolute Gasteiger partial charge is 0.413 e. The summed E-state index contributed by atoms with van der Waals surface area (Å²) in [5, 5.41) is 10.0. The monoisotopic (exact) mass is 534 g/mol. The van der Waals surface area contributed by atoms with Crippen molar-refractivity contribution >= 4 is 30.2 Å². The quantitative estimate of drug-likeness (QED) is 0.159. The number of amides is 1. The molecule has 3 N–H and O–H groups in total. The standard InChI is InChI=1S/C32H30N4O4/c1-21(22-7-4-3-5-8-22)40-31(38)36-29-28(34-27(35-29)9-6-20-33)25-12-10-23(11-13-25)24-14-16-26(17-15-24)32(18-19-32)30(37)39-2/h3-17,20-21,33H,18-19H2,1-2H3,(H,34,35)(H,36,38)/b9-6-,33-20?/t21-/m1/s1. The van der Waals surface area contributed by atoms with Crippen LogP contribution in [0.5, 0.6) is 0 Å². The molecule has 1 atom stereocenters. The molecule has 3 aromatic carbocycles. The molecule has 1 amide bonds. The summed E-state index contributed by atoms with van der Waals surface area (Å²) in [4.78, 5) is 32.7. The number of H-pyrrole nitrogens is 1. The lowest BCUT2D eigenvalue weighted by Crippen LogP contribution is -2.21. The lowest BCUT2D eigenvalue weighted by Gasteiger charge is -2.14. The number of aromatic nitrogens is 2. The number of benzene rings is 3. The van der Waals surface area contributed by atoms with Gasteiger partial charge in [0.05, 0.1) is 18.2 Å². The van der Waals surface area contributed by atoms with E-state index in [9.17, 15) is 9.59 Å². The molecule has 0 aliphatic heterocycles. The summed E-state index contributed by atoms with van der Waals surface area (Å²) in [5.41, 5.74) is 4.83. The molecule has 0 unspecified atom stereocenters. The van der Waals surface area contributed by atoms with Gasteiger partial charge in [-0.05, 0) is 54.2 Å². The highest BCUT2D eigenvalue weighted by molar-refractivity contribution is 5.90. The highest BCUT2D eigenvalue weighted by Gasteiger charge is 2.52. The Morgan fingerprint density at radius 3 is 2.20 bits per heavy atom. The molecule has 5 rings (SSSR count). The molecule has 0 bridgehead atoms. The predicted molar refractivity (Wildman–Crippen MR) is 155 cm³/mol. The van der Waals surface area contributed by atoms with Crippen LogP contribution in [0.25, 0.3) is 28.5 Å². The topological polar surface area (TPSA) is 117 Å². The van der Waals surface area contributed by atoms with Crippen LogP contribution in [-0.4, -0.2) is 35.4 Å². The SMILES string of the molecule is COC(=O)C1(c2ccc(-c3ccc(-c4[nH]c(/C=C\C=N)nc4NC(=O)O[C@H](C)c4ccccc4)cc3)cc2)CC1. The van der Waals surface area contributed by atoms with Gasteiger partial charge in [-0.25, -0.2) is 9.78 Å². The van der Waals surface area contributed by atoms with Crippen molar-refractivity contribution in [1.82, 2.24) is 9.97 Å². The van der Waals surface area contributed by atoms with E-state index < -0.39 is 17.6 Å². The number of imidazole rings is 1. The van der Waals surface area contributed by atoms with E-state index in [2.05, 4.69) is 15.3 Å². The van der Waals surface area contributed by atoms with Gasteiger partial charge in [-0.15, -0.1) is 0 Å². The molecule has 40 heavy (non-hydrogen) atoms. The second-order valence-corrected chi connectivity index (χ2v) is 9.68. The minimum Gasteiger partial charge on any atom is -0.468 e. The summed E-state index contributed by atoms with van der Waals surface area (Å²) in [6, 6.07) is 25.4. The third-order valence-corrected chi connectivity index (χ3v) is 7.12. The first-order chi connectivity index (χ1) is 19.4. The predicted octanol–water partition coefficient (Wildman–Crippen LogP) is 6.92. The normalized spacial score (nSPS) is 14.3. The van der Waals surface area contributed by atoms with Crippen molar-refractivity contribution in [3.63, 3.8) is 0 Å². The first-order valence-corrected chi connectivity index (χ1v) is 13.0. The van der Waals surface area contributed by atoms with Crippen LogP contribution in [0.15, 0.2) is 84.9 Å². The number of allylic oxidation sites excluding steroid dienone is 1. The van der Waals surface area contributed by atoms with Crippen molar-refractivity contribution in [3.05, 3.63) is 102 Å². The van der Waals surface area contributed by atoms with Gasteiger partial charge in [0.15, 0.2) is 5.82 Å². The molecular weight excluding hydrogens is 504 g/mol. The largest absolute Gasteiger partial charge is 0.468 e. The molecule has 202 valence electrons. The number of methoxy groups -OCH3 is 1. The molecule has 4 aromatic rings. The maximum absolute atomic E-state index is 12.7. The van der Waals surface area contributed by atoms with Crippen LogP contribution in [0.2, 0.25) is 0 Å². The van der Waals surface area contributed by atoms with Gasteiger partial charge in [0.25, 0.3) is 0 Å². The van der Waals surface area contributed by atoms with Gasteiger partial charge in [0.1, 0.15) is 11.9 Å². The number of nitrogens with one attached hydrogen (secondary N) is 3. The molecule has 1 fully saturated rings. The Morgan fingerprint density at radius 2 is 1.60 bits per heavy atom. The van der Waals surface area contributed by atoms with Crippen LogP contribution in [-0.2, 0) is 19.7 Å². The molecular formula is C32H30N4O4. The number of esters is 1. The molecule has 1 aliphatic rings. The van der Waals surface area contributed by atoms with Gasteiger partial charge in [0, 0.05) is 11.8 Å². The fourth-order valence-electron chi connectivity index (χ4n) is 4.73. The summed E-state index contributed by atoms with van der Waals surface area (Å²) in [5.74, 6) is 0.635. The van der Waals surface area contributed by atoms with Crippen molar-refractivity contribution < 1.29 is 19.1 Å². The average Bonchev–Trinajstić information content (AvgIpc) is 3.71. The van der Waals surface area contributed by atoms with E-state index >= 15 is 0 Å².